The Bertz CT molecular complexity index is 324. The van der Waals surface area contributed by atoms with Crippen molar-refractivity contribution in [3.8, 4) is 5.75 Å². The van der Waals surface area contributed by atoms with Gasteiger partial charge in [0, 0.05) is 0 Å². The van der Waals surface area contributed by atoms with Gasteiger partial charge in [-0.1, -0.05) is 0 Å². The number of carboxylic acids is 1. The largest absolute Gasteiger partial charge is 0.539 e. The molecule has 2 N–H and O–H groups in total. The van der Waals surface area contributed by atoms with Crippen molar-refractivity contribution in [2.45, 2.75) is 6.92 Å². The van der Waals surface area contributed by atoms with E-state index in [1.165, 1.54) is 12.1 Å². The van der Waals surface area contributed by atoms with E-state index in [0.717, 1.165) is 0 Å². The SMILES string of the molecule is Cc1cc(OBO)ccc1C(=O)O. The minimum absolute atomic E-state index is 0.241. The average molecular weight is 180 g/mol. The van der Waals surface area contributed by atoms with Crippen LogP contribution in [0.2, 0.25) is 0 Å². The van der Waals surface area contributed by atoms with E-state index in [4.69, 9.17) is 14.8 Å². The Morgan fingerprint density at radius 3 is 2.69 bits per heavy atom. The van der Waals surface area contributed by atoms with Crippen molar-refractivity contribution < 1.29 is 19.6 Å². The molecule has 0 aromatic heterocycles. The molecule has 0 aliphatic heterocycles. The summed E-state index contributed by atoms with van der Waals surface area (Å²) in [5, 5.41) is 17.1. The van der Waals surface area contributed by atoms with Crippen LogP contribution in [0.25, 0.3) is 0 Å². The maximum Gasteiger partial charge on any atom is 0.504 e. The summed E-state index contributed by atoms with van der Waals surface area (Å²) in [4.78, 5) is 10.6. The summed E-state index contributed by atoms with van der Waals surface area (Å²) in [5.74, 6) is -0.502. The van der Waals surface area contributed by atoms with Gasteiger partial charge in [0.25, 0.3) is 0 Å². The second kappa shape index (κ2) is 3.95. The van der Waals surface area contributed by atoms with Crippen LogP contribution in [0, 0.1) is 6.92 Å². The highest BCUT2D eigenvalue weighted by atomic mass is 16.5. The van der Waals surface area contributed by atoms with Gasteiger partial charge in [0.15, 0.2) is 0 Å². The van der Waals surface area contributed by atoms with Crippen LogP contribution in [0.15, 0.2) is 18.2 Å². The molecule has 1 aromatic rings. The number of hydrogen-bond acceptors (Lipinski definition) is 3. The Labute approximate surface area is 76.1 Å². The number of benzene rings is 1. The molecule has 0 unspecified atom stereocenters. The molecule has 0 fully saturated rings. The molecular formula is C8H9BO4. The van der Waals surface area contributed by atoms with Crippen LogP contribution in [0.3, 0.4) is 0 Å². The molecule has 0 bridgehead atoms. The van der Waals surface area contributed by atoms with Crippen LogP contribution in [-0.4, -0.2) is 23.8 Å². The van der Waals surface area contributed by atoms with Gasteiger partial charge >= 0.3 is 13.7 Å². The summed E-state index contributed by atoms with van der Waals surface area (Å²) in [7, 11) is -0.411. The molecule has 0 radical (unpaired) electrons. The molecule has 1 rings (SSSR count). The Kier molecular flexibility index (Phi) is 2.92. The molecule has 0 saturated heterocycles. The third kappa shape index (κ3) is 2.22. The predicted molar refractivity (Wildman–Crippen MR) is 48.1 cm³/mol. The predicted octanol–water partition coefficient (Wildman–Crippen LogP) is 0.331. The molecule has 0 atom stereocenters. The molecule has 0 heterocycles. The summed E-state index contributed by atoms with van der Waals surface area (Å²) in [5.41, 5.74) is 0.851. The Balaban J connectivity index is 2.98. The highest BCUT2D eigenvalue weighted by molar-refractivity contribution is 6.17. The summed E-state index contributed by atoms with van der Waals surface area (Å²) in [6.45, 7) is 1.67. The molecule has 1 aromatic carbocycles. The number of rotatable bonds is 3. The van der Waals surface area contributed by atoms with Gasteiger partial charge in [-0.05, 0) is 30.7 Å². The fourth-order valence-corrected chi connectivity index (χ4v) is 1.04. The van der Waals surface area contributed by atoms with Crippen LogP contribution in [0.1, 0.15) is 15.9 Å². The van der Waals surface area contributed by atoms with Crippen LogP contribution in [-0.2, 0) is 0 Å². The van der Waals surface area contributed by atoms with Gasteiger partial charge in [0.1, 0.15) is 5.75 Å². The molecule has 13 heavy (non-hydrogen) atoms. The quantitative estimate of drug-likeness (QED) is 0.657. The zero-order valence-electron chi connectivity index (χ0n) is 7.15. The second-order valence-electron chi connectivity index (χ2n) is 2.56. The van der Waals surface area contributed by atoms with Crippen molar-refractivity contribution >= 4 is 13.7 Å². The normalized spacial score (nSPS) is 9.38. The first-order valence-electron chi connectivity index (χ1n) is 3.72. The maximum absolute atomic E-state index is 10.6. The van der Waals surface area contributed by atoms with Crippen LogP contribution >= 0.6 is 0 Å². The first-order chi connectivity index (χ1) is 6.15. The third-order valence-corrected chi connectivity index (χ3v) is 1.66. The van der Waals surface area contributed by atoms with Gasteiger partial charge in [0.2, 0.25) is 0 Å². The lowest BCUT2D eigenvalue weighted by Crippen LogP contribution is -2.03. The van der Waals surface area contributed by atoms with E-state index in [9.17, 15) is 4.79 Å². The molecular weight excluding hydrogens is 171 g/mol. The zero-order valence-corrected chi connectivity index (χ0v) is 7.15. The van der Waals surface area contributed by atoms with E-state index in [1.807, 2.05) is 0 Å². The van der Waals surface area contributed by atoms with E-state index in [-0.39, 0.29) is 5.56 Å². The molecule has 0 aliphatic carbocycles. The second-order valence-corrected chi connectivity index (χ2v) is 2.56. The molecule has 5 heteroatoms. The highest BCUT2D eigenvalue weighted by Gasteiger charge is 2.06. The van der Waals surface area contributed by atoms with Crippen LogP contribution in [0.5, 0.6) is 5.75 Å². The molecule has 4 nitrogen and oxygen atoms in total. The number of carboxylic acid groups (broad SMARTS) is 1. The summed E-state index contributed by atoms with van der Waals surface area (Å²) in [6.07, 6.45) is 0. The summed E-state index contributed by atoms with van der Waals surface area (Å²) < 4.78 is 4.78. The van der Waals surface area contributed by atoms with Crippen molar-refractivity contribution in [2.24, 2.45) is 0 Å². The standard InChI is InChI=1S/C8H9BO4/c1-5-4-6(13-9-12)2-3-7(5)8(10)11/h2-4,9,12H,1H3,(H,10,11). The molecule has 68 valence electrons. The van der Waals surface area contributed by atoms with Gasteiger partial charge in [-0.25, -0.2) is 4.79 Å². The van der Waals surface area contributed by atoms with E-state index in [0.29, 0.717) is 11.3 Å². The van der Waals surface area contributed by atoms with Crippen molar-refractivity contribution in [3.05, 3.63) is 29.3 Å². The van der Waals surface area contributed by atoms with E-state index < -0.39 is 13.7 Å². The lowest BCUT2D eigenvalue weighted by molar-refractivity contribution is 0.0696. The first kappa shape index (κ1) is 9.60. The molecule has 0 aliphatic rings. The average Bonchev–Trinajstić information content (AvgIpc) is 2.04. The maximum atomic E-state index is 10.6. The Morgan fingerprint density at radius 1 is 1.54 bits per heavy atom. The lowest BCUT2D eigenvalue weighted by atomic mass is 10.1. The van der Waals surface area contributed by atoms with E-state index in [2.05, 4.69) is 0 Å². The number of aryl methyl sites for hydroxylation is 1. The fraction of sp³-hybridized carbons (Fsp3) is 0.125. The topological polar surface area (TPSA) is 66.8 Å². The fourth-order valence-electron chi connectivity index (χ4n) is 1.04. The third-order valence-electron chi connectivity index (χ3n) is 1.66. The van der Waals surface area contributed by atoms with Crippen molar-refractivity contribution in [3.63, 3.8) is 0 Å². The van der Waals surface area contributed by atoms with Crippen molar-refractivity contribution in [2.75, 3.05) is 0 Å². The number of carbonyl (C=O) groups is 1. The van der Waals surface area contributed by atoms with E-state index >= 15 is 0 Å². The van der Waals surface area contributed by atoms with Gasteiger partial charge in [-0.15, -0.1) is 0 Å². The van der Waals surface area contributed by atoms with Gasteiger partial charge < -0.3 is 14.8 Å². The van der Waals surface area contributed by atoms with E-state index in [1.54, 1.807) is 13.0 Å². The number of aromatic carboxylic acids is 1. The lowest BCUT2D eigenvalue weighted by Gasteiger charge is -2.04. The van der Waals surface area contributed by atoms with Crippen LogP contribution < -0.4 is 4.65 Å². The van der Waals surface area contributed by atoms with Crippen LogP contribution in [0.4, 0.5) is 0 Å². The monoisotopic (exact) mass is 180 g/mol. The van der Waals surface area contributed by atoms with Crippen molar-refractivity contribution in [1.29, 1.82) is 0 Å². The Hall–Kier alpha value is -1.49. The first-order valence-corrected chi connectivity index (χ1v) is 3.72. The highest BCUT2D eigenvalue weighted by Crippen LogP contribution is 2.16. The minimum atomic E-state index is -0.965. The zero-order chi connectivity index (χ0) is 9.84. The van der Waals surface area contributed by atoms with Crippen molar-refractivity contribution in [1.82, 2.24) is 0 Å². The molecule has 0 saturated carbocycles. The minimum Gasteiger partial charge on any atom is -0.539 e. The summed E-state index contributed by atoms with van der Waals surface area (Å²) >= 11 is 0. The number of hydrogen-bond donors (Lipinski definition) is 2. The molecule has 0 amide bonds. The van der Waals surface area contributed by atoms with Gasteiger partial charge in [-0.2, -0.15) is 0 Å². The Morgan fingerprint density at radius 2 is 2.23 bits per heavy atom. The van der Waals surface area contributed by atoms with Gasteiger partial charge in [-0.3, -0.25) is 0 Å². The molecule has 0 spiro atoms. The summed E-state index contributed by atoms with van der Waals surface area (Å²) in [6, 6.07) is 4.52. The van der Waals surface area contributed by atoms with Gasteiger partial charge in [0.05, 0.1) is 5.56 Å². The smallest absolute Gasteiger partial charge is 0.504 e.